The Balaban J connectivity index is 1.83. The molecule has 0 aliphatic rings. The smallest absolute Gasteiger partial charge is 0.319 e. The van der Waals surface area contributed by atoms with Gasteiger partial charge < -0.3 is 10.6 Å². The number of carbonyl (C=O) groups excluding carboxylic acids is 1. The van der Waals surface area contributed by atoms with Crippen molar-refractivity contribution in [3.63, 3.8) is 0 Å². The van der Waals surface area contributed by atoms with E-state index in [1.165, 1.54) is 4.90 Å². The Hall–Kier alpha value is -1.53. The predicted octanol–water partition coefficient (Wildman–Crippen LogP) is 3.50. The third-order valence-corrected chi connectivity index (χ3v) is 4.10. The lowest BCUT2D eigenvalue weighted by Crippen LogP contribution is -2.27. The first-order chi connectivity index (χ1) is 9.17. The molecule has 0 unspecified atom stereocenters. The van der Waals surface area contributed by atoms with Crippen LogP contribution in [0.2, 0.25) is 0 Å². The standard InChI is InChI=1S/C13H15N3OS2/c1-9-14-7-12(19-9)8-15-13(17)16-10-3-5-11(18-2)6-4-10/h3-7H,8H2,1-2H3,(H2,15,16,17). The second-order valence-corrected chi connectivity index (χ2v) is 6.08. The van der Waals surface area contributed by atoms with Crippen molar-refractivity contribution in [2.24, 2.45) is 0 Å². The van der Waals surface area contributed by atoms with E-state index in [-0.39, 0.29) is 6.03 Å². The van der Waals surface area contributed by atoms with Gasteiger partial charge in [-0.05, 0) is 37.4 Å². The summed E-state index contributed by atoms with van der Waals surface area (Å²) in [5.41, 5.74) is 0.788. The number of carbonyl (C=O) groups is 1. The average molecular weight is 293 g/mol. The van der Waals surface area contributed by atoms with Gasteiger partial charge >= 0.3 is 6.03 Å². The highest BCUT2D eigenvalue weighted by Crippen LogP contribution is 2.17. The predicted molar refractivity (Wildman–Crippen MR) is 80.9 cm³/mol. The number of hydrogen-bond acceptors (Lipinski definition) is 4. The molecule has 2 N–H and O–H groups in total. The highest BCUT2D eigenvalue weighted by molar-refractivity contribution is 7.98. The SMILES string of the molecule is CSc1ccc(NC(=O)NCc2cnc(C)s2)cc1. The summed E-state index contributed by atoms with van der Waals surface area (Å²) in [6.45, 7) is 2.45. The quantitative estimate of drug-likeness (QED) is 0.848. The maximum Gasteiger partial charge on any atom is 0.319 e. The van der Waals surface area contributed by atoms with Crippen LogP contribution in [-0.2, 0) is 6.54 Å². The second kappa shape index (κ2) is 6.58. The number of rotatable bonds is 4. The van der Waals surface area contributed by atoms with E-state index in [0.29, 0.717) is 6.54 Å². The average Bonchev–Trinajstić information content (AvgIpc) is 2.83. The summed E-state index contributed by atoms with van der Waals surface area (Å²) in [6.07, 6.45) is 3.81. The number of thioether (sulfide) groups is 1. The molecule has 0 bridgehead atoms. The number of aromatic nitrogens is 1. The molecule has 0 spiro atoms. The highest BCUT2D eigenvalue weighted by atomic mass is 32.2. The Bertz CT molecular complexity index is 551. The summed E-state index contributed by atoms with van der Waals surface area (Å²) in [6, 6.07) is 7.53. The maximum absolute atomic E-state index is 11.7. The molecule has 0 saturated heterocycles. The largest absolute Gasteiger partial charge is 0.333 e. The number of anilines is 1. The summed E-state index contributed by atoms with van der Waals surface area (Å²) in [4.78, 5) is 18.1. The molecule has 2 aromatic rings. The van der Waals surface area contributed by atoms with Crippen LogP contribution < -0.4 is 10.6 Å². The van der Waals surface area contributed by atoms with Crippen molar-refractivity contribution in [2.75, 3.05) is 11.6 Å². The molecule has 4 nitrogen and oxygen atoms in total. The van der Waals surface area contributed by atoms with Gasteiger partial charge in [-0.25, -0.2) is 9.78 Å². The first-order valence-corrected chi connectivity index (χ1v) is 7.81. The summed E-state index contributed by atoms with van der Waals surface area (Å²) in [7, 11) is 0. The molecule has 0 atom stereocenters. The molecule has 100 valence electrons. The van der Waals surface area contributed by atoms with Crippen LogP contribution in [0.3, 0.4) is 0 Å². The fraction of sp³-hybridized carbons (Fsp3) is 0.231. The van der Waals surface area contributed by atoms with Crippen LogP contribution in [0.5, 0.6) is 0 Å². The lowest BCUT2D eigenvalue weighted by atomic mass is 10.3. The van der Waals surface area contributed by atoms with Gasteiger partial charge in [0.15, 0.2) is 0 Å². The summed E-state index contributed by atoms with van der Waals surface area (Å²) < 4.78 is 0. The summed E-state index contributed by atoms with van der Waals surface area (Å²) in [5, 5.41) is 6.60. The van der Waals surface area contributed by atoms with E-state index in [2.05, 4.69) is 15.6 Å². The first-order valence-electron chi connectivity index (χ1n) is 5.77. The van der Waals surface area contributed by atoms with E-state index in [1.807, 2.05) is 37.4 Å². The van der Waals surface area contributed by atoms with E-state index >= 15 is 0 Å². The van der Waals surface area contributed by atoms with Gasteiger partial charge in [0.25, 0.3) is 0 Å². The third kappa shape index (κ3) is 4.25. The molecule has 0 radical (unpaired) electrons. The number of amides is 2. The maximum atomic E-state index is 11.7. The van der Waals surface area contributed by atoms with E-state index in [0.717, 1.165) is 15.6 Å². The molecule has 0 aliphatic heterocycles. The number of nitrogens with zero attached hydrogens (tertiary/aromatic N) is 1. The number of urea groups is 1. The monoisotopic (exact) mass is 293 g/mol. The minimum Gasteiger partial charge on any atom is -0.333 e. The number of hydrogen-bond donors (Lipinski definition) is 2. The van der Waals surface area contributed by atoms with Crippen LogP contribution in [0, 0.1) is 6.92 Å². The minimum atomic E-state index is -0.206. The van der Waals surface area contributed by atoms with Gasteiger partial charge in [0.1, 0.15) is 0 Å². The molecule has 1 aromatic heterocycles. The van der Waals surface area contributed by atoms with Gasteiger partial charge in [-0.15, -0.1) is 23.1 Å². The summed E-state index contributed by atoms with van der Waals surface area (Å²) >= 11 is 3.26. The first kappa shape index (κ1) is 13.9. The van der Waals surface area contributed by atoms with E-state index in [1.54, 1.807) is 29.3 Å². The van der Waals surface area contributed by atoms with Crippen molar-refractivity contribution >= 4 is 34.8 Å². The van der Waals surface area contributed by atoms with Crippen molar-refractivity contribution in [3.8, 4) is 0 Å². The molecule has 6 heteroatoms. The molecule has 2 amide bonds. The molecular formula is C13H15N3OS2. The zero-order valence-corrected chi connectivity index (χ0v) is 12.4. The van der Waals surface area contributed by atoms with Gasteiger partial charge in [0.2, 0.25) is 0 Å². The van der Waals surface area contributed by atoms with Crippen molar-refractivity contribution in [1.29, 1.82) is 0 Å². The number of thiazole rings is 1. The van der Waals surface area contributed by atoms with E-state index < -0.39 is 0 Å². The fourth-order valence-corrected chi connectivity index (χ4v) is 2.65. The number of nitrogens with one attached hydrogen (secondary N) is 2. The van der Waals surface area contributed by atoms with Crippen molar-refractivity contribution < 1.29 is 4.79 Å². The Morgan fingerprint density at radius 3 is 2.68 bits per heavy atom. The molecule has 1 aromatic carbocycles. The number of aryl methyl sites for hydroxylation is 1. The van der Waals surface area contributed by atoms with Crippen LogP contribution in [0.1, 0.15) is 9.88 Å². The van der Waals surface area contributed by atoms with Gasteiger partial charge in [-0.2, -0.15) is 0 Å². The van der Waals surface area contributed by atoms with E-state index in [4.69, 9.17) is 0 Å². The molecular weight excluding hydrogens is 278 g/mol. The normalized spacial score (nSPS) is 10.2. The zero-order valence-electron chi connectivity index (χ0n) is 10.8. The molecule has 1 heterocycles. The molecule has 0 saturated carbocycles. The van der Waals surface area contributed by atoms with Crippen molar-refractivity contribution in [3.05, 3.63) is 40.3 Å². The van der Waals surface area contributed by atoms with Gasteiger partial charge in [0.05, 0.1) is 11.6 Å². The van der Waals surface area contributed by atoms with Gasteiger partial charge in [-0.3, -0.25) is 0 Å². The zero-order chi connectivity index (χ0) is 13.7. The van der Waals surface area contributed by atoms with Crippen molar-refractivity contribution in [1.82, 2.24) is 10.3 Å². The highest BCUT2D eigenvalue weighted by Gasteiger charge is 2.03. The Labute approximate surface area is 120 Å². The van der Waals surface area contributed by atoms with Gasteiger partial charge in [0, 0.05) is 21.7 Å². The van der Waals surface area contributed by atoms with Crippen LogP contribution in [0.25, 0.3) is 0 Å². The topological polar surface area (TPSA) is 54.0 Å². The molecule has 19 heavy (non-hydrogen) atoms. The Morgan fingerprint density at radius 2 is 2.11 bits per heavy atom. The van der Waals surface area contributed by atoms with Gasteiger partial charge in [-0.1, -0.05) is 0 Å². The van der Waals surface area contributed by atoms with E-state index in [9.17, 15) is 4.79 Å². The third-order valence-electron chi connectivity index (χ3n) is 2.44. The molecule has 0 fully saturated rings. The molecule has 2 rings (SSSR count). The minimum absolute atomic E-state index is 0.206. The number of benzene rings is 1. The lowest BCUT2D eigenvalue weighted by Gasteiger charge is -2.07. The lowest BCUT2D eigenvalue weighted by molar-refractivity contribution is 0.252. The van der Waals surface area contributed by atoms with Crippen LogP contribution in [0.15, 0.2) is 35.4 Å². The van der Waals surface area contributed by atoms with Crippen LogP contribution in [-0.4, -0.2) is 17.3 Å². The van der Waals surface area contributed by atoms with Crippen LogP contribution in [0.4, 0.5) is 10.5 Å². The van der Waals surface area contributed by atoms with Crippen molar-refractivity contribution in [2.45, 2.75) is 18.4 Å². The fourth-order valence-electron chi connectivity index (χ4n) is 1.50. The summed E-state index contributed by atoms with van der Waals surface area (Å²) in [5.74, 6) is 0. The van der Waals surface area contributed by atoms with Crippen LogP contribution >= 0.6 is 23.1 Å². The Kier molecular flexibility index (Phi) is 4.81. The molecule has 0 aliphatic carbocycles. The Morgan fingerprint density at radius 1 is 1.37 bits per heavy atom. The second-order valence-electron chi connectivity index (χ2n) is 3.88.